The first-order chi connectivity index (χ1) is 11.5. The quantitative estimate of drug-likeness (QED) is 0.613. The van der Waals surface area contributed by atoms with E-state index in [-0.39, 0.29) is 0 Å². The van der Waals surface area contributed by atoms with Gasteiger partial charge in [-0.1, -0.05) is 28.1 Å². The van der Waals surface area contributed by atoms with Gasteiger partial charge in [0.1, 0.15) is 11.9 Å². The molecule has 0 aliphatic carbocycles. The van der Waals surface area contributed by atoms with Crippen molar-refractivity contribution in [1.82, 2.24) is 9.97 Å². The van der Waals surface area contributed by atoms with Crippen LogP contribution in [-0.4, -0.2) is 27.1 Å². The van der Waals surface area contributed by atoms with E-state index in [1.807, 2.05) is 48.5 Å². The third-order valence-electron chi connectivity index (χ3n) is 3.43. The van der Waals surface area contributed by atoms with Crippen LogP contribution in [0.15, 0.2) is 53.0 Å². The van der Waals surface area contributed by atoms with Gasteiger partial charge in [0.25, 0.3) is 0 Å². The second-order valence-corrected chi connectivity index (χ2v) is 6.16. The fraction of sp³-hybridized carbons (Fsp3) is 0.118. The van der Waals surface area contributed by atoms with Crippen molar-refractivity contribution < 1.29 is 9.90 Å². The van der Waals surface area contributed by atoms with E-state index in [4.69, 9.17) is 5.11 Å². The Morgan fingerprint density at radius 3 is 2.54 bits per heavy atom. The van der Waals surface area contributed by atoms with E-state index in [1.165, 1.54) is 0 Å². The third kappa shape index (κ3) is 3.62. The Morgan fingerprint density at radius 2 is 1.83 bits per heavy atom. The third-order valence-corrected chi connectivity index (χ3v) is 3.96. The summed E-state index contributed by atoms with van der Waals surface area (Å²) in [5, 5.41) is 15.9. The molecule has 3 N–H and O–H groups in total. The van der Waals surface area contributed by atoms with Gasteiger partial charge in [-0.05, 0) is 43.3 Å². The molecule has 0 amide bonds. The van der Waals surface area contributed by atoms with Crippen LogP contribution in [0, 0.1) is 0 Å². The Kier molecular flexibility index (Phi) is 4.61. The van der Waals surface area contributed by atoms with E-state index < -0.39 is 12.0 Å². The van der Waals surface area contributed by atoms with Gasteiger partial charge in [0.15, 0.2) is 0 Å². The molecule has 1 aromatic heterocycles. The molecule has 0 fully saturated rings. The maximum atomic E-state index is 11.1. The Morgan fingerprint density at radius 1 is 1.12 bits per heavy atom. The smallest absolute Gasteiger partial charge is 0.325 e. The summed E-state index contributed by atoms with van der Waals surface area (Å²) in [5.74, 6) is -0.0636. The van der Waals surface area contributed by atoms with Gasteiger partial charge in [0.05, 0.1) is 5.52 Å². The van der Waals surface area contributed by atoms with Gasteiger partial charge in [-0.15, -0.1) is 0 Å². The lowest BCUT2D eigenvalue weighted by molar-refractivity contribution is -0.137. The minimum atomic E-state index is -0.944. The Bertz CT molecular complexity index is 883. The number of rotatable bonds is 5. The number of aliphatic carboxylic acids is 1. The molecule has 0 saturated carbocycles. The minimum absolute atomic E-state index is 0.399. The molecule has 0 bridgehead atoms. The minimum Gasteiger partial charge on any atom is -0.480 e. The van der Waals surface area contributed by atoms with Crippen LogP contribution >= 0.6 is 15.9 Å². The number of anilines is 3. The maximum absolute atomic E-state index is 11.1. The summed E-state index contributed by atoms with van der Waals surface area (Å²) >= 11 is 3.39. The van der Waals surface area contributed by atoms with E-state index in [0.29, 0.717) is 11.8 Å². The summed E-state index contributed by atoms with van der Waals surface area (Å²) in [6.07, 6.45) is 0. The predicted molar refractivity (Wildman–Crippen MR) is 97.7 cm³/mol. The molecular formula is C17H15BrN4O2. The highest BCUT2D eigenvalue weighted by Gasteiger charge is 2.14. The fourth-order valence-corrected chi connectivity index (χ4v) is 2.44. The number of hydrogen-bond acceptors (Lipinski definition) is 5. The van der Waals surface area contributed by atoms with Gasteiger partial charge in [0.2, 0.25) is 5.95 Å². The van der Waals surface area contributed by atoms with Crippen molar-refractivity contribution in [2.75, 3.05) is 10.6 Å². The van der Waals surface area contributed by atoms with Gasteiger partial charge in [-0.25, -0.2) is 4.98 Å². The van der Waals surface area contributed by atoms with Gasteiger partial charge in [0, 0.05) is 15.5 Å². The number of carboxylic acids is 1. The number of carbonyl (C=O) groups is 1. The Labute approximate surface area is 147 Å². The molecule has 24 heavy (non-hydrogen) atoms. The second-order valence-electron chi connectivity index (χ2n) is 5.25. The zero-order chi connectivity index (χ0) is 17.1. The van der Waals surface area contributed by atoms with Crippen LogP contribution in [0.1, 0.15) is 6.92 Å². The highest BCUT2D eigenvalue weighted by atomic mass is 79.9. The van der Waals surface area contributed by atoms with E-state index in [1.54, 1.807) is 6.92 Å². The van der Waals surface area contributed by atoms with Crippen molar-refractivity contribution in [1.29, 1.82) is 0 Å². The van der Waals surface area contributed by atoms with Crippen molar-refractivity contribution in [3.8, 4) is 0 Å². The standard InChI is InChI=1S/C17H15BrN4O2/c1-10(16(23)24)19-15-13-4-2-3-5-14(13)21-17(22-15)20-12-8-6-11(18)7-9-12/h2-10H,1H3,(H,23,24)(H2,19,20,21,22). The zero-order valence-electron chi connectivity index (χ0n) is 12.8. The van der Waals surface area contributed by atoms with Crippen LogP contribution in [0.2, 0.25) is 0 Å². The number of halogens is 1. The number of nitrogens with one attached hydrogen (secondary N) is 2. The topological polar surface area (TPSA) is 87.1 Å². The normalized spacial score (nSPS) is 11.9. The highest BCUT2D eigenvalue weighted by Crippen LogP contribution is 2.24. The Hall–Kier alpha value is -2.67. The molecule has 0 spiro atoms. The molecule has 0 aliphatic rings. The maximum Gasteiger partial charge on any atom is 0.325 e. The molecule has 3 aromatic rings. The summed E-state index contributed by atoms with van der Waals surface area (Å²) in [6.45, 7) is 1.57. The monoisotopic (exact) mass is 386 g/mol. The van der Waals surface area contributed by atoms with Crippen molar-refractivity contribution >= 4 is 50.3 Å². The lowest BCUT2D eigenvalue weighted by Crippen LogP contribution is -2.26. The molecule has 1 unspecified atom stereocenters. The molecular weight excluding hydrogens is 372 g/mol. The molecule has 3 rings (SSSR count). The number of para-hydroxylation sites is 1. The largest absolute Gasteiger partial charge is 0.480 e. The van der Waals surface area contributed by atoms with E-state index in [0.717, 1.165) is 21.1 Å². The van der Waals surface area contributed by atoms with E-state index in [2.05, 4.69) is 36.5 Å². The fourth-order valence-electron chi connectivity index (χ4n) is 2.17. The number of fused-ring (bicyclic) bond motifs is 1. The molecule has 2 aromatic carbocycles. The number of carboxylic acid groups (broad SMARTS) is 1. The average Bonchev–Trinajstić information content (AvgIpc) is 2.57. The van der Waals surface area contributed by atoms with Crippen LogP contribution in [0.3, 0.4) is 0 Å². The number of nitrogens with zero attached hydrogens (tertiary/aromatic N) is 2. The molecule has 0 saturated heterocycles. The van der Waals surface area contributed by atoms with Crippen LogP contribution in [0.5, 0.6) is 0 Å². The first-order valence-electron chi connectivity index (χ1n) is 7.31. The first kappa shape index (κ1) is 16.2. The molecule has 6 nitrogen and oxygen atoms in total. The summed E-state index contributed by atoms with van der Waals surface area (Å²) in [4.78, 5) is 20.0. The van der Waals surface area contributed by atoms with Gasteiger partial charge >= 0.3 is 5.97 Å². The summed E-state index contributed by atoms with van der Waals surface area (Å²) < 4.78 is 0.977. The first-order valence-corrected chi connectivity index (χ1v) is 8.11. The lowest BCUT2D eigenvalue weighted by Gasteiger charge is -2.14. The van der Waals surface area contributed by atoms with Crippen molar-refractivity contribution in [3.63, 3.8) is 0 Å². The molecule has 1 atom stereocenters. The van der Waals surface area contributed by atoms with Crippen molar-refractivity contribution in [2.24, 2.45) is 0 Å². The second kappa shape index (κ2) is 6.84. The van der Waals surface area contributed by atoms with E-state index >= 15 is 0 Å². The van der Waals surface area contributed by atoms with Gasteiger partial charge in [-0.3, -0.25) is 4.79 Å². The number of hydrogen-bond donors (Lipinski definition) is 3. The van der Waals surface area contributed by atoms with Crippen LogP contribution in [0.4, 0.5) is 17.5 Å². The molecule has 7 heteroatoms. The number of aromatic nitrogens is 2. The zero-order valence-corrected chi connectivity index (χ0v) is 14.4. The van der Waals surface area contributed by atoms with E-state index in [9.17, 15) is 4.79 Å². The average molecular weight is 387 g/mol. The van der Waals surface area contributed by atoms with Gasteiger partial charge < -0.3 is 15.7 Å². The van der Waals surface area contributed by atoms with Crippen LogP contribution in [0.25, 0.3) is 10.9 Å². The van der Waals surface area contributed by atoms with Crippen LogP contribution < -0.4 is 10.6 Å². The molecule has 0 aliphatic heterocycles. The Balaban J connectivity index is 1.99. The molecule has 0 radical (unpaired) electrons. The summed E-state index contributed by atoms with van der Waals surface area (Å²) in [7, 11) is 0. The van der Waals surface area contributed by atoms with Crippen molar-refractivity contribution in [3.05, 3.63) is 53.0 Å². The molecule has 122 valence electrons. The number of benzene rings is 2. The van der Waals surface area contributed by atoms with Gasteiger partial charge in [-0.2, -0.15) is 4.98 Å². The van der Waals surface area contributed by atoms with Crippen molar-refractivity contribution in [2.45, 2.75) is 13.0 Å². The molecule has 1 heterocycles. The lowest BCUT2D eigenvalue weighted by atomic mass is 10.2. The highest BCUT2D eigenvalue weighted by molar-refractivity contribution is 9.10. The summed E-state index contributed by atoms with van der Waals surface area (Å²) in [5.41, 5.74) is 1.57. The predicted octanol–water partition coefficient (Wildman–Crippen LogP) is 4.02. The SMILES string of the molecule is CC(Nc1nc(Nc2ccc(Br)cc2)nc2ccccc12)C(=O)O. The van der Waals surface area contributed by atoms with Crippen LogP contribution in [-0.2, 0) is 4.79 Å². The summed E-state index contributed by atoms with van der Waals surface area (Å²) in [6, 6.07) is 14.3.